The van der Waals surface area contributed by atoms with Gasteiger partial charge in [0.05, 0.1) is 17.9 Å². The number of esters is 1. The Bertz CT molecular complexity index is 682. The standard InChI is InChI=1S/C20H31N3O6/c1-14-5-7-18(8-6-14)23-11-17(22-12-23)10-16(19(25)26)4-3-9-21-20(27)29-13-28-15(2)24/h11-12,14,16,18H,3-10,13H2,1-2H3,(H,21,27)(H,25,26). The van der Waals surface area contributed by atoms with Gasteiger partial charge in [-0.1, -0.05) is 6.92 Å². The summed E-state index contributed by atoms with van der Waals surface area (Å²) in [4.78, 5) is 38.0. The van der Waals surface area contributed by atoms with Crippen molar-refractivity contribution in [2.75, 3.05) is 13.3 Å². The number of amides is 1. The molecule has 9 nitrogen and oxygen atoms in total. The maximum atomic E-state index is 11.6. The van der Waals surface area contributed by atoms with E-state index in [9.17, 15) is 19.5 Å². The lowest BCUT2D eigenvalue weighted by atomic mass is 9.87. The second-order valence-corrected chi connectivity index (χ2v) is 7.72. The third-order valence-electron chi connectivity index (χ3n) is 5.32. The first-order valence-electron chi connectivity index (χ1n) is 10.1. The number of ether oxygens (including phenoxy) is 2. The summed E-state index contributed by atoms with van der Waals surface area (Å²) in [5.41, 5.74) is 0.782. The molecular formula is C20H31N3O6. The average molecular weight is 409 g/mol. The molecule has 0 radical (unpaired) electrons. The number of alkyl carbamates (subject to hydrolysis) is 1. The summed E-state index contributed by atoms with van der Waals surface area (Å²) >= 11 is 0. The lowest BCUT2D eigenvalue weighted by Crippen LogP contribution is -2.27. The molecule has 2 N–H and O–H groups in total. The lowest BCUT2D eigenvalue weighted by Gasteiger charge is -2.26. The highest BCUT2D eigenvalue weighted by atomic mass is 16.7. The maximum Gasteiger partial charge on any atom is 0.410 e. The molecule has 0 aliphatic heterocycles. The van der Waals surface area contributed by atoms with Crippen molar-refractivity contribution in [3.8, 4) is 0 Å². The Morgan fingerprint density at radius 1 is 1.28 bits per heavy atom. The number of imidazole rings is 1. The van der Waals surface area contributed by atoms with Gasteiger partial charge in [0, 0.05) is 32.1 Å². The van der Waals surface area contributed by atoms with E-state index < -0.39 is 30.7 Å². The van der Waals surface area contributed by atoms with Crippen LogP contribution in [0.4, 0.5) is 4.79 Å². The molecule has 1 amide bonds. The Labute approximate surface area is 170 Å². The highest BCUT2D eigenvalue weighted by molar-refractivity contribution is 5.70. The number of aliphatic carboxylic acids is 1. The SMILES string of the molecule is CC(=O)OCOC(=O)NCCCC(Cc1cn(C2CCC(C)CC2)cn1)C(=O)O. The first-order valence-corrected chi connectivity index (χ1v) is 10.1. The van der Waals surface area contributed by atoms with Gasteiger partial charge in [-0.05, 0) is 44.4 Å². The zero-order valence-electron chi connectivity index (χ0n) is 17.1. The predicted octanol–water partition coefficient (Wildman–Crippen LogP) is 2.90. The van der Waals surface area contributed by atoms with E-state index >= 15 is 0 Å². The fraction of sp³-hybridized carbons (Fsp3) is 0.700. The number of carboxylic acid groups (broad SMARTS) is 1. The first kappa shape index (κ1) is 22.7. The number of aromatic nitrogens is 2. The van der Waals surface area contributed by atoms with Crippen molar-refractivity contribution in [2.45, 2.75) is 64.8 Å². The van der Waals surface area contributed by atoms with Crippen LogP contribution in [-0.4, -0.2) is 46.0 Å². The number of carbonyl (C=O) groups is 3. The van der Waals surface area contributed by atoms with E-state index in [0.29, 0.717) is 25.3 Å². The molecule has 1 saturated carbocycles. The van der Waals surface area contributed by atoms with Crippen molar-refractivity contribution in [1.29, 1.82) is 0 Å². The summed E-state index contributed by atoms with van der Waals surface area (Å²) in [7, 11) is 0. The average Bonchev–Trinajstić information content (AvgIpc) is 3.13. The normalized spacial score (nSPS) is 19.9. The summed E-state index contributed by atoms with van der Waals surface area (Å²) in [6.45, 7) is 3.33. The van der Waals surface area contributed by atoms with E-state index in [-0.39, 0.29) is 6.54 Å². The summed E-state index contributed by atoms with van der Waals surface area (Å²) in [5.74, 6) is -1.20. The number of hydrogen-bond acceptors (Lipinski definition) is 6. The fourth-order valence-electron chi connectivity index (χ4n) is 3.55. The van der Waals surface area contributed by atoms with Gasteiger partial charge in [-0.3, -0.25) is 9.59 Å². The molecule has 0 saturated heterocycles. The first-order chi connectivity index (χ1) is 13.8. The van der Waals surface area contributed by atoms with E-state index in [2.05, 4.69) is 31.3 Å². The van der Waals surface area contributed by atoms with E-state index in [0.717, 1.165) is 24.5 Å². The monoisotopic (exact) mass is 409 g/mol. The van der Waals surface area contributed by atoms with E-state index in [1.54, 1.807) is 0 Å². The van der Waals surface area contributed by atoms with Crippen molar-refractivity contribution in [3.63, 3.8) is 0 Å². The molecule has 1 aromatic rings. The fourth-order valence-corrected chi connectivity index (χ4v) is 3.55. The molecule has 2 rings (SSSR count). The number of carboxylic acids is 1. The minimum Gasteiger partial charge on any atom is -0.481 e. The van der Waals surface area contributed by atoms with Crippen molar-refractivity contribution < 1.29 is 29.0 Å². The van der Waals surface area contributed by atoms with Gasteiger partial charge in [-0.2, -0.15) is 0 Å². The van der Waals surface area contributed by atoms with Crippen molar-refractivity contribution in [1.82, 2.24) is 14.9 Å². The Kier molecular flexibility index (Phi) is 8.95. The minimum absolute atomic E-state index is 0.275. The highest BCUT2D eigenvalue weighted by Crippen LogP contribution is 2.31. The van der Waals surface area contributed by atoms with Crippen molar-refractivity contribution in [2.24, 2.45) is 11.8 Å². The van der Waals surface area contributed by atoms with Gasteiger partial charge in [0.2, 0.25) is 6.79 Å². The van der Waals surface area contributed by atoms with Gasteiger partial charge >= 0.3 is 18.0 Å². The second kappa shape index (κ2) is 11.4. The molecule has 162 valence electrons. The van der Waals surface area contributed by atoms with E-state index in [1.165, 1.54) is 19.8 Å². The molecule has 9 heteroatoms. The Morgan fingerprint density at radius 2 is 2.00 bits per heavy atom. The topological polar surface area (TPSA) is 120 Å². The summed E-state index contributed by atoms with van der Waals surface area (Å²) in [6, 6.07) is 0.456. The van der Waals surface area contributed by atoms with Gasteiger partial charge in [0.25, 0.3) is 0 Å². The lowest BCUT2D eigenvalue weighted by molar-refractivity contribution is -0.149. The largest absolute Gasteiger partial charge is 0.481 e. The number of nitrogens with zero attached hydrogens (tertiary/aromatic N) is 2. The highest BCUT2D eigenvalue weighted by Gasteiger charge is 2.22. The van der Waals surface area contributed by atoms with Crippen LogP contribution >= 0.6 is 0 Å². The molecule has 29 heavy (non-hydrogen) atoms. The molecule has 1 aliphatic carbocycles. The van der Waals surface area contributed by atoms with Crippen molar-refractivity contribution in [3.05, 3.63) is 18.2 Å². The van der Waals surface area contributed by atoms with Gasteiger partial charge < -0.3 is 24.5 Å². The number of carbonyl (C=O) groups excluding carboxylic acids is 2. The molecule has 1 heterocycles. The summed E-state index contributed by atoms with van der Waals surface area (Å²) < 4.78 is 11.3. The van der Waals surface area contributed by atoms with Crippen LogP contribution in [0.2, 0.25) is 0 Å². The second-order valence-electron chi connectivity index (χ2n) is 7.72. The van der Waals surface area contributed by atoms with Crippen LogP contribution in [0.25, 0.3) is 0 Å². The third kappa shape index (κ3) is 8.13. The van der Waals surface area contributed by atoms with Gasteiger partial charge in [-0.15, -0.1) is 0 Å². The van der Waals surface area contributed by atoms with Crippen LogP contribution in [0, 0.1) is 11.8 Å². The van der Waals surface area contributed by atoms with E-state index in [1.807, 2.05) is 12.5 Å². The van der Waals surface area contributed by atoms with Crippen LogP contribution in [0.3, 0.4) is 0 Å². The smallest absolute Gasteiger partial charge is 0.410 e. The van der Waals surface area contributed by atoms with Crippen LogP contribution < -0.4 is 5.32 Å². The summed E-state index contributed by atoms with van der Waals surface area (Å²) in [6.07, 6.45) is 9.04. The molecule has 1 atom stereocenters. The summed E-state index contributed by atoms with van der Waals surface area (Å²) in [5, 5.41) is 12.0. The molecule has 1 aliphatic rings. The molecule has 0 bridgehead atoms. The molecule has 0 aromatic carbocycles. The Balaban J connectivity index is 1.72. The number of nitrogens with one attached hydrogen (secondary N) is 1. The van der Waals surface area contributed by atoms with Gasteiger partial charge in [0.15, 0.2) is 0 Å². The van der Waals surface area contributed by atoms with Crippen LogP contribution in [-0.2, 0) is 25.5 Å². The van der Waals surface area contributed by atoms with Gasteiger partial charge in [0.1, 0.15) is 0 Å². The molecule has 1 fully saturated rings. The minimum atomic E-state index is -0.872. The molecule has 1 aromatic heterocycles. The molecule has 1 unspecified atom stereocenters. The van der Waals surface area contributed by atoms with E-state index in [4.69, 9.17) is 0 Å². The number of rotatable bonds is 10. The van der Waals surface area contributed by atoms with Crippen LogP contribution in [0.15, 0.2) is 12.5 Å². The zero-order chi connectivity index (χ0) is 21.2. The number of hydrogen-bond donors (Lipinski definition) is 2. The zero-order valence-corrected chi connectivity index (χ0v) is 17.1. The predicted molar refractivity (Wildman–Crippen MR) is 104 cm³/mol. The van der Waals surface area contributed by atoms with Gasteiger partial charge in [-0.25, -0.2) is 9.78 Å². The Morgan fingerprint density at radius 3 is 2.66 bits per heavy atom. The molecular weight excluding hydrogens is 378 g/mol. The molecule has 0 spiro atoms. The maximum absolute atomic E-state index is 11.6. The van der Waals surface area contributed by atoms with Crippen LogP contribution in [0.1, 0.15) is 64.1 Å². The third-order valence-corrected chi connectivity index (χ3v) is 5.32. The Hall–Kier alpha value is -2.58. The quantitative estimate of drug-likeness (QED) is 0.346. The van der Waals surface area contributed by atoms with Crippen LogP contribution in [0.5, 0.6) is 0 Å². The van der Waals surface area contributed by atoms with Crippen molar-refractivity contribution >= 4 is 18.0 Å².